The highest BCUT2D eigenvalue weighted by molar-refractivity contribution is 14.0. The third kappa shape index (κ3) is 8.31. The van der Waals surface area contributed by atoms with Crippen molar-refractivity contribution in [3.8, 4) is 0 Å². The number of halogens is 4. The number of nitrogens with one attached hydrogen (secondary N) is 2. The SMILES string of the molecule is CCNC(=NCCc1cccc(C(=O)N(C)C)c1)NC1CCC(C(F)(F)F)CC1.I. The summed E-state index contributed by atoms with van der Waals surface area (Å²) in [5, 5.41) is 6.43. The van der Waals surface area contributed by atoms with Gasteiger partial charge in [-0.3, -0.25) is 9.79 Å². The Morgan fingerprint density at radius 2 is 1.87 bits per heavy atom. The first-order valence-electron chi connectivity index (χ1n) is 10.1. The third-order valence-electron chi connectivity index (χ3n) is 5.13. The van der Waals surface area contributed by atoms with E-state index in [9.17, 15) is 18.0 Å². The maximum absolute atomic E-state index is 12.8. The van der Waals surface area contributed by atoms with E-state index in [1.807, 2.05) is 25.1 Å². The second-order valence-electron chi connectivity index (χ2n) is 7.65. The third-order valence-corrected chi connectivity index (χ3v) is 5.13. The summed E-state index contributed by atoms with van der Waals surface area (Å²) in [6.07, 6.45) is -2.12. The molecule has 2 N–H and O–H groups in total. The maximum atomic E-state index is 12.8. The van der Waals surface area contributed by atoms with Gasteiger partial charge in [0.05, 0.1) is 5.92 Å². The molecule has 1 saturated carbocycles. The monoisotopic (exact) mass is 540 g/mol. The molecule has 0 bridgehead atoms. The summed E-state index contributed by atoms with van der Waals surface area (Å²) in [6, 6.07) is 7.49. The van der Waals surface area contributed by atoms with Crippen molar-refractivity contribution in [1.29, 1.82) is 0 Å². The van der Waals surface area contributed by atoms with Gasteiger partial charge < -0.3 is 15.5 Å². The first-order chi connectivity index (χ1) is 13.7. The second kappa shape index (κ2) is 12.4. The molecule has 1 aromatic rings. The zero-order valence-corrected chi connectivity index (χ0v) is 20.1. The molecule has 170 valence electrons. The van der Waals surface area contributed by atoms with Gasteiger partial charge in [-0.1, -0.05) is 12.1 Å². The van der Waals surface area contributed by atoms with Crippen LogP contribution in [0.25, 0.3) is 0 Å². The Morgan fingerprint density at radius 1 is 1.20 bits per heavy atom. The zero-order valence-electron chi connectivity index (χ0n) is 17.8. The van der Waals surface area contributed by atoms with E-state index in [4.69, 9.17) is 0 Å². The van der Waals surface area contributed by atoms with Gasteiger partial charge in [0.25, 0.3) is 5.91 Å². The highest BCUT2D eigenvalue weighted by atomic mass is 127. The predicted molar refractivity (Wildman–Crippen MR) is 124 cm³/mol. The van der Waals surface area contributed by atoms with Crippen LogP contribution >= 0.6 is 24.0 Å². The van der Waals surface area contributed by atoms with E-state index in [0.717, 1.165) is 5.56 Å². The van der Waals surface area contributed by atoms with Crippen molar-refractivity contribution >= 4 is 35.8 Å². The van der Waals surface area contributed by atoms with Crippen LogP contribution < -0.4 is 10.6 Å². The number of alkyl halides is 3. The largest absolute Gasteiger partial charge is 0.391 e. The summed E-state index contributed by atoms with van der Waals surface area (Å²) in [5.74, 6) is -0.597. The van der Waals surface area contributed by atoms with E-state index in [1.54, 1.807) is 20.2 Å². The van der Waals surface area contributed by atoms with Crippen LogP contribution in [0, 0.1) is 5.92 Å². The van der Waals surface area contributed by atoms with Crippen LogP contribution in [0.2, 0.25) is 0 Å². The van der Waals surface area contributed by atoms with Crippen molar-refractivity contribution in [2.75, 3.05) is 27.2 Å². The fraction of sp³-hybridized carbons (Fsp3) is 0.619. The van der Waals surface area contributed by atoms with Crippen molar-refractivity contribution in [3.05, 3.63) is 35.4 Å². The molecule has 2 rings (SSSR count). The van der Waals surface area contributed by atoms with Crippen molar-refractivity contribution in [3.63, 3.8) is 0 Å². The summed E-state index contributed by atoms with van der Waals surface area (Å²) < 4.78 is 38.5. The number of carbonyl (C=O) groups is 1. The Labute approximate surface area is 193 Å². The number of guanidine groups is 1. The number of rotatable bonds is 6. The maximum Gasteiger partial charge on any atom is 0.391 e. The van der Waals surface area contributed by atoms with Crippen LogP contribution in [0.4, 0.5) is 13.2 Å². The number of aliphatic imine (C=N–C) groups is 1. The van der Waals surface area contributed by atoms with Crippen LogP contribution in [0.5, 0.6) is 0 Å². The van der Waals surface area contributed by atoms with Gasteiger partial charge >= 0.3 is 6.18 Å². The topological polar surface area (TPSA) is 56.7 Å². The van der Waals surface area contributed by atoms with Crippen LogP contribution in [0.1, 0.15) is 48.5 Å². The Morgan fingerprint density at radius 3 is 2.43 bits per heavy atom. The number of carbonyl (C=O) groups excluding carboxylic acids is 1. The molecule has 1 aliphatic rings. The van der Waals surface area contributed by atoms with Gasteiger partial charge in [0.1, 0.15) is 0 Å². The van der Waals surface area contributed by atoms with Gasteiger partial charge in [-0.2, -0.15) is 13.2 Å². The van der Waals surface area contributed by atoms with E-state index < -0.39 is 12.1 Å². The van der Waals surface area contributed by atoms with Crippen molar-refractivity contribution < 1.29 is 18.0 Å². The summed E-state index contributed by atoms with van der Waals surface area (Å²) in [7, 11) is 3.44. The molecule has 0 spiro atoms. The Bertz CT molecular complexity index is 702. The summed E-state index contributed by atoms with van der Waals surface area (Å²) >= 11 is 0. The van der Waals surface area contributed by atoms with Crippen LogP contribution in [-0.2, 0) is 6.42 Å². The Hall–Kier alpha value is -1.52. The lowest BCUT2D eigenvalue weighted by atomic mass is 9.85. The average Bonchev–Trinajstić information content (AvgIpc) is 2.67. The molecule has 0 radical (unpaired) electrons. The molecule has 1 fully saturated rings. The lowest BCUT2D eigenvalue weighted by Crippen LogP contribution is -2.45. The van der Waals surface area contributed by atoms with Crippen molar-refractivity contribution in [2.24, 2.45) is 10.9 Å². The number of amides is 1. The van der Waals surface area contributed by atoms with E-state index in [2.05, 4.69) is 15.6 Å². The van der Waals surface area contributed by atoms with Crippen LogP contribution in [0.15, 0.2) is 29.3 Å². The quantitative estimate of drug-likeness (QED) is 0.323. The summed E-state index contributed by atoms with van der Waals surface area (Å²) in [4.78, 5) is 18.2. The zero-order chi connectivity index (χ0) is 21.4. The van der Waals surface area contributed by atoms with Crippen LogP contribution in [-0.4, -0.2) is 56.2 Å². The van der Waals surface area contributed by atoms with Gasteiger partial charge in [0.2, 0.25) is 0 Å². The van der Waals surface area contributed by atoms with Gasteiger partial charge in [0.15, 0.2) is 5.96 Å². The predicted octanol–water partition coefficient (Wildman–Crippen LogP) is 4.23. The minimum Gasteiger partial charge on any atom is -0.357 e. The van der Waals surface area contributed by atoms with Crippen molar-refractivity contribution in [2.45, 2.75) is 51.2 Å². The normalized spacial score (nSPS) is 19.6. The fourth-order valence-electron chi connectivity index (χ4n) is 3.49. The molecular formula is C21H32F3IN4O. The molecule has 0 heterocycles. The second-order valence-corrected chi connectivity index (χ2v) is 7.65. The molecule has 30 heavy (non-hydrogen) atoms. The van der Waals surface area contributed by atoms with E-state index in [1.165, 1.54) is 4.90 Å². The molecule has 0 unspecified atom stereocenters. The highest BCUT2D eigenvalue weighted by Crippen LogP contribution is 2.37. The average molecular weight is 540 g/mol. The fourth-order valence-corrected chi connectivity index (χ4v) is 3.49. The standard InChI is InChI=1S/C21H31F3N4O.HI/c1-4-25-20(27-18-10-8-17(9-11-18)21(22,23)24)26-13-12-15-6-5-7-16(14-15)19(29)28(2)3;/h5-7,14,17-18H,4,8-13H2,1-3H3,(H2,25,26,27);1H. The molecule has 9 heteroatoms. The smallest absolute Gasteiger partial charge is 0.357 e. The van der Waals surface area contributed by atoms with Crippen LogP contribution in [0.3, 0.4) is 0 Å². The Balaban J connectivity index is 0.00000450. The van der Waals surface area contributed by atoms with Crippen molar-refractivity contribution in [1.82, 2.24) is 15.5 Å². The molecule has 1 aliphatic carbocycles. The molecule has 0 atom stereocenters. The first-order valence-corrected chi connectivity index (χ1v) is 10.1. The minimum atomic E-state index is -4.09. The van der Waals surface area contributed by atoms with E-state index in [-0.39, 0.29) is 48.8 Å². The van der Waals surface area contributed by atoms with E-state index in [0.29, 0.717) is 43.9 Å². The number of hydrogen-bond acceptors (Lipinski definition) is 2. The van der Waals surface area contributed by atoms with E-state index >= 15 is 0 Å². The molecule has 1 amide bonds. The molecule has 5 nitrogen and oxygen atoms in total. The molecule has 1 aromatic carbocycles. The highest BCUT2D eigenvalue weighted by Gasteiger charge is 2.41. The van der Waals surface area contributed by atoms with Gasteiger partial charge in [0, 0.05) is 38.8 Å². The molecule has 0 saturated heterocycles. The molecule has 0 aliphatic heterocycles. The number of benzene rings is 1. The first kappa shape index (κ1) is 26.5. The molecule has 0 aromatic heterocycles. The molecular weight excluding hydrogens is 508 g/mol. The minimum absolute atomic E-state index is 0. The lowest BCUT2D eigenvalue weighted by Gasteiger charge is -2.31. The van der Waals surface area contributed by atoms with Gasteiger partial charge in [-0.25, -0.2) is 0 Å². The summed E-state index contributed by atoms with van der Waals surface area (Å²) in [6.45, 7) is 3.15. The Kier molecular flexibility index (Phi) is 10.9. The van der Waals surface area contributed by atoms with Gasteiger partial charge in [-0.05, 0) is 56.7 Å². The number of nitrogens with zero attached hydrogens (tertiary/aromatic N) is 2. The lowest BCUT2D eigenvalue weighted by molar-refractivity contribution is -0.182. The summed E-state index contributed by atoms with van der Waals surface area (Å²) in [5.41, 5.74) is 1.66. The number of hydrogen-bond donors (Lipinski definition) is 2. The van der Waals surface area contributed by atoms with Gasteiger partial charge in [-0.15, -0.1) is 24.0 Å².